The Morgan fingerprint density at radius 3 is 2.70 bits per heavy atom. The number of carbonyl (C=O) groups excluding carboxylic acids is 1. The molecular weight excluding hydrogens is 281 g/mol. The third-order valence-electron chi connectivity index (χ3n) is 2.79. The Labute approximate surface area is 121 Å². The molecule has 0 fully saturated rings. The molecule has 0 atom stereocenters. The van der Waals surface area contributed by atoms with Gasteiger partial charge in [0.15, 0.2) is 0 Å². The molecule has 3 nitrogen and oxygen atoms in total. The van der Waals surface area contributed by atoms with Crippen molar-refractivity contribution in [3.8, 4) is 5.75 Å². The lowest BCUT2D eigenvalue weighted by atomic mass is 10.2. The summed E-state index contributed by atoms with van der Waals surface area (Å²) in [7, 11) is 1.53. The van der Waals surface area contributed by atoms with Gasteiger partial charge < -0.3 is 10.1 Å². The molecule has 0 aliphatic carbocycles. The van der Waals surface area contributed by atoms with Crippen molar-refractivity contribution in [1.82, 2.24) is 5.32 Å². The van der Waals surface area contributed by atoms with E-state index in [9.17, 15) is 9.18 Å². The van der Waals surface area contributed by atoms with Gasteiger partial charge in [-0.05, 0) is 29.8 Å². The summed E-state index contributed by atoms with van der Waals surface area (Å²) >= 11 is 5.99. The molecule has 5 heteroatoms. The highest BCUT2D eigenvalue weighted by atomic mass is 35.5. The summed E-state index contributed by atoms with van der Waals surface area (Å²) in [6.07, 6.45) is 0. The first-order valence-corrected chi connectivity index (χ1v) is 6.34. The van der Waals surface area contributed by atoms with Crippen LogP contribution in [0, 0.1) is 5.82 Å². The molecule has 0 bridgehead atoms. The van der Waals surface area contributed by atoms with E-state index in [2.05, 4.69) is 5.32 Å². The number of carbonyl (C=O) groups is 1. The van der Waals surface area contributed by atoms with E-state index >= 15 is 0 Å². The van der Waals surface area contributed by atoms with E-state index in [0.29, 0.717) is 10.8 Å². The summed E-state index contributed by atoms with van der Waals surface area (Å²) in [4.78, 5) is 11.8. The molecule has 0 saturated heterocycles. The zero-order chi connectivity index (χ0) is 14.5. The van der Waals surface area contributed by atoms with Crippen LogP contribution in [0.25, 0.3) is 0 Å². The standard InChI is InChI=1S/C15H13ClFNO2/c1-20-14-7-6-10(8-12(14)16)9-18-15(19)11-4-2-3-5-13(11)17/h2-8H,9H2,1H3,(H,18,19). The van der Waals surface area contributed by atoms with E-state index < -0.39 is 11.7 Å². The molecule has 0 heterocycles. The zero-order valence-electron chi connectivity index (χ0n) is 10.8. The lowest BCUT2D eigenvalue weighted by Crippen LogP contribution is -2.23. The van der Waals surface area contributed by atoms with Crippen molar-refractivity contribution < 1.29 is 13.9 Å². The average molecular weight is 294 g/mol. The van der Waals surface area contributed by atoms with Gasteiger partial charge in [-0.2, -0.15) is 0 Å². The number of amides is 1. The highest BCUT2D eigenvalue weighted by Gasteiger charge is 2.10. The summed E-state index contributed by atoms with van der Waals surface area (Å²) in [6, 6.07) is 11.0. The predicted octanol–water partition coefficient (Wildman–Crippen LogP) is 3.42. The normalized spacial score (nSPS) is 10.2. The van der Waals surface area contributed by atoms with E-state index in [-0.39, 0.29) is 12.1 Å². The molecule has 20 heavy (non-hydrogen) atoms. The number of nitrogens with one attached hydrogen (secondary N) is 1. The minimum absolute atomic E-state index is 0.0205. The first-order chi connectivity index (χ1) is 9.61. The molecule has 0 aromatic heterocycles. The van der Waals surface area contributed by atoms with Crippen LogP contribution in [0.15, 0.2) is 42.5 Å². The Bertz CT molecular complexity index is 631. The van der Waals surface area contributed by atoms with E-state index in [1.165, 1.54) is 25.3 Å². The van der Waals surface area contributed by atoms with Crippen molar-refractivity contribution in [2.24, 2.45) is 0 Å². The first-order valence-electron chi connectivity index (χ1n) is 5.97. The number of hydrogen-bond donors (Lipinski definition) is 1. The largest absolute Gasteiger partial charge is 0.495 e. The van der Waals surface area contributed by atoms with Gasteiger partial charge in [-0.25, -0.2) is 4.39 Å². The van der Waals surface area contributed by atoms with Crippen LogP contribution >= 0.6 is 11.6 Å². The van der Waals surface area contributed by atoms with Gasteiger partial charge in [-0.1, -0.05) is 29.8 Å². The second-order valence-corrected chi connectivity index (χ2v) is 4.54. The topological polar surface area (TPSA) is 38.3 Å². The fourth-order valence-electron chi connectivity index (χ4n) is 1.74. The number of methoxy groups -OCH3 is 1. The minimum atomic E-state index is -0.544. The Balaban J connectivity index is 2.04. The van der Waals surface area contributed by atoms with Gasteiger partial charge >= 0.3 is 0 Å². The number of benzene rings is 2. The highest BCUT2D eigenvalue weighted by Crippen LogP contribution is 2.24. The fraction of sp³-hybridized carbons (Fsp3) is 0.133. The molecule has 2 aromatic carbocycles. The smallest absolute Gasteiger partial charge is 0.254 e. The number of hydrogen-bond acceptors (Lipinski definition) is 2. The van der Waals surface area contributed by atoms with Gasteiger partial charge in [-0.15, -0.1) is 0 Å². The molecule has 2 rings (SSSR count). The molecule has 2 aromatic rings. The third-order valence-corrected chi connectivity index (χ3v) is 3.08. The average Bonchev–Trinajstić information content (AvgIpc) is 2.45. The molecule has 1 amide bonds. The van der Waals surface area contributed by atoms with Crippen LogP contribution in [0.5, 0.6) is 5.75 Å². The molecule has 0 saturated carbocycles. The lowest BCUT2D eigenvalue weighted by molar-refractivity contribution is 0.0947. The summed E-state index contributed by atoms with van der Waals surface area (Å²) in [6.45, 7) is 0.261. The van der Waals surface area contributed by atoms with Crippen LogP contribution in [-0.2, 0) is 6.54 Å². The SMILES string of the molecule is COc1ccc(CNC(=O)c2ccccc2F)cc1Cl. The Kier molecular flexibility index (Phi) is 4.58. The van der Waals surface area contributed by atoms with E-state index in [1.54, 1.807) is 24.3 Å². The Morgan fingerprint density at radius 1 is 1.30 bits per heavy atom. The van der Waals surface area contributed by atoms with Gasteiger partial charge in [0.25, 0.3) is 5.91 Å². The second kappa shape index (κ2) is 6.39. The van der Waals surface area contributed by atoms with Gasteiger partial charge in [0.05, 0.1) is 17.7 Å². The van der Waals surface area contributed by atoms with Crippen LogP contribution in [0.4, 0.5) is 4.39 Å². The molecule has 1 N–H and O–H groups in total. The molecule has 0 unspecified atom stereocenters. The van der Waals surface area contributed by atoms with E-state index in [4.69, 9.17) is 16.3 Å². The van der Waals surface area contributed by atoms with Crippen LogP contribution < -0.4 is 10.1 Å². The summed E-state index contributed by atoms with van der Waals surface area (Å²) in [5.41, 5.74) is 0.826. The van der Waals surface area contributed by atoms with Crippen LogP contribution in [0.3, 0.4) is 0 Å². The van der Waals surface area contributed by atoms with Crippen molar-refractivity contribution in [2.75, 3.05) is 7.11 Å². The number of ether oxygens (including phenoxy) is 1. The van der Waals surface area contributed by atoms with Crippen LogP contribution in [0.2, 0.25) is 5.02 Å². The fourth-order valence-corrected chi connectivity index (χ4v) is 2.02. The second-order valence-electron chi connectivity index (χ2n) is 4.13. The monoisotopic (exact) mass is 293 g/mol. The van der Waals surface area contributed by atoms with Gasteiger partial charge in [0.1, 0.15) is 11.6 Å². The summed E-state index contributed by atoms with van der Waals surface area (Å²) in [5, 5.41) is 3.11. The van der Waals surface area contributed by atoms with Crippen molar-refractivity contribution in [3.63, 3.8) is 0 Å². The van der Waals surface area contributed by atoms with Crippen LogP contribution in [-0.4, -0.2) is 13.0 Å². The Hall–Kier alpha value is -2.07. The lowest BCUT2D eigenvalue weighted by Gasteiger charge is -2.08. The maximum atomic E-state index is 13.4. The molecular formula is C15H13ClFNO2. The van der Waals surface area contributed by atoms with Crippen molar-refractivity contribution in [3.05, 3.63) is 64.4 Å². The molecule has 0 radical (unpaired) electrons. The molecule has 0 aliphatic rings. The quantitative estimate of drug-likeness (QED) is 0.938. The van der Waals surface area contributed by atoms with E-state index in [0.717, 1.165) is 5.56 Å². The third kappa shape index (κ3) is 3.27. The number of halogens is 2. The maximum absolute atomic E-state index is 13.4. The predicted molar refractivity (Wildman–Crippen MR) is 75.6 cm³/mol. The maximum Gasteiger partial charge on any atom is 0.254 e. The van der Waals surface area contributed by atoms with Crippen molar-refractivity contribution in [1.29, 1.82) is 0 Å². The summed E-state index contributed by atoms with van der Waals surface area (Å²) in [5.74, 6) is -0.441. The van der Waals surface area contributed by atoms with Gasteiger partial charge in [-0.3, -0.25) is 4.79 Å². The molecule has 0 spiro atoms. The van der Waals surface area contributed by atoms with Crippen molar-refractivity contribution >= 4 is 17.5 Å². The van der Waals surface area contributed by atoms with Gasteiger partial charge in [0.2, 0.25) is 0 Å². The zero-order valence-corrected chi connectivity index (χ0v) is 11.6. The summed E-state index contributed by atoms with van der Waals surface area (Å²) < 4.78 is 18.5. The van der Waals surface area contributed by atoms with E-state index in [1.807, 2.05) is 0 Å². The first kappa shape index (κ1) is 14.3. The highest BCUT2D eigenvalue weighted by molar-refractivity contribution is 6.32. The minimum Gasteiger partial charge on any atom is -0.495 e. The molecule has 0 aliphatic heterocycles. The van der Waals surface area contributed by atoms with Crippen molar-refractivity contribution in [2.45, 2.75) is 6.54 Å². The van der Waals surface area contributed by atoms with Crippen LogP contribution in [0.1, 0.15) is 15.9 Å². The number of rotatable bonds is 4. The van der Waals surface area contributed by atoms with Gasteiger partial charge in [0, 0.05) is 6.54 Å². The molecule has 104 valence electrons. The Morgan fingerprint density at radius 2 is 2.05 bits per heavy atom.